The third-order valence-electron chi connectivity index (χ3n) is 7.59. The molecule has 1 amide bonds. The minimum absolute atomic E-state index is 0.0855. The lowest BCUT2D eigenvalue weighted by molar-refractivity contribution is 0.0830. The molecule has 3 aromatic carbocycles. The molecule has 0 aliphatic carbocycles. The zero-order chi connectivity index (χ0) is 28.5. The average Bonchev–Trinajstić information content (AvgIpc) is 2.95. The van der Waals surface area contributed by atoms with Crippen molar-refractivity contribution < 1.29 is 18.7 Å². The topological polar surface area (TPSA) is 64.6 Å². The molecular weight excluding hydrogens is 508 g/mol. The summed E-state index contributed by atoms with van der Waals surface area (Å²) in [6.45, 7) is 6.95. The monoisotopic (exact) mass is 549 g/mol. The van der Waals surface area contributed by atoms with E-state index in [1.54, 1.807) is 0 Å². The van der Waals surface area contributed by atoms with E-state index in [4.69, 9.17) is 0 Å². The van der Waals surface area contributed by atoms with E-state index in [0.717, 1.165) is 62.5 Å². The first-order valence-electron chi connectivity index (χ1n) is 14.5. The number of carbonyl (C=O) groups excluding carboxylic acids is 1. The Morgan fingerprint density at radius 1 is 1.00 bits per heavy atom. The van der Waals surface area contributed by atoms with Gasteiger partial charge in [-0.2, -0.15) is 0 Å². The number of nitrogens with zero attached hydrogens (tertiary/aromatic N) is 1. The standard InChI is InChI=1S/C33H41F2N3O2/c1-3-5-13-38-14-7-10-26-11-12-27(19-31(26)38)33(40)37-30(18-25-16-28(34)20-29(35)17-25)32(39)22-36-21-24-9-6-8-23(4-2)15-24/h6,8-9,11-12,15-17,19-20,30,32,36,39H,3-5,7,10,13-14,18,21-22H2,1-2H3,(H,37,40). The van der Waals surface area contributed by atoms with Gasteiger partial charge in [-0.3, -0.25) is 4.79 Å². The summed E-state index contributed by atoms with van der Waals surface area (Å²) in [6, 6.07) is 16.5. The van der Waals surface area contributed by atoms with Crippen molar-refractivity contribution in [3.63, 3.8) is 0 Å². The zero-order valence-corrected chi connectivity index (χ0v) is 23.6. The SMILES string of the molecule is CCCCN1CCCc2ccc(C(=O)NC(Cc3cc(F)cc(F)c3)C(O)CNCc3cccc(CC)c3)cc21. The molecule has 2 unspecified atom stereocenters. The molecule has 0 saturated carbocycles. The van der Waals surface area contributed by atoms with Crippen LogP contribution in [0.4, 0.5) is 14.5 Å². The van der Waals surface area contributed by atoms with Crippen LogP contribution < -0.4 is 15.5 Å². The van der Waals surface area contributed by atoms with Gasteiger partial charge in [0.2, 0.25) is 0 Å². The Morgan fingerprint density at radius 3 is 2.52 bits per heavy atom. The Labute approximate surface area is 236 Å². The number of rotatable bonds is 13. The lowest BCUT2D eigenvalue weighted by Crippen LogP contribution is -2.48. The van der Waals surface area contributed by atoms with Gasteiger partial charge in [0.25, 0.3) is 5.91 Å². The van der Waals surface area contributed by atoms with Crippen LogP contribution in [0.1, 0.15) is 65.7 Å². The summed E-state index contributed by atoms with van der Waals surface area (Å²) in [5.41, 5.74) is 5.54. The van der Waals surface area contributed by atoms with Gasteiger partial charge in [0.1, 0.15) is 11.6 Å². The number of aryl methyl sites for hydroxylation is 2. The van der Waals surface area contributed by atoms with Crippen molar-refractivity contribution >= 4 is 11.6 Å². The van der Waals surface area contributed by atoms with E-state index in [0.29, 0.717) is 17.7 Å². The fraction of sp³-hybridized carbons (Fsp3) is 0.424. The largest absolute Gasteiger partial charge is 0.390 e. The van der Waals surface area contributed by atoms with Crippen LogP contribution >= 0.6 is 0 Å². The molecule has 0 radical (unpaired) electrons. The number of nitrogens with one attached hydrogen (secondary N) is 2. The predicted molar refractivity (Wildman–Crippen MR) is 157 cm³/mol. The number of hydrogen-bond donors (Lipinski definition) is 3. The molecule has 0 spiro atoms. The van der Waals surface area contributed by atoms with Crippen LogP contribution in [0.25, 0.3) is 0 Å². The van der Waals surface area contributed by atoms with Crippen LogP contribution in [0.3, 0.4) is 0 Å². The van der Waals surface area contributed by atoms with Crippen LogP contribution in [-0.4, -0.2) is 42.8 Å². The van der Waals surface area contributed by atoms with E-state index in [1.807, 2.05) is 30.3 Å². The van der Waals surface area contributed by atoms with Gasteiger partial charge in [0.05, 0.1) is 12.1 Å². The normalized spacial score (nSPS) is 14.5. The summed E-state index contributed by atoms with van der Waals surface area (Å²) >= 11 is 0. The Hall–Kier alpha value is -3.29. The Bertz CT molecular complexity index is 1260. The number of fused-ring (bicyclic) bond motifs is 1. The zero-order valence-electron chi connectivity index (χ0n) is 23.6. The first-order valence-corrected chi connectivity index (χ1v) is 14.5. The molecule has 0 bridgehead atoms. The summed E-state index contributed by atoms with van der Waals surface area (Å²) in [5, 5.41) is 17.4. The molecule has 1 aliphatic heterocycles. The van der Waals surface area contributed by atoms with E-state index in [-0.39, 0.29) is 18.9 Å². The molecule has 7 heteroatoms. The number of aliphatic hydroxyl groups is 1. The lowest BCUT2D eigenvalue weighted by Gasteiger charge is -2.32. The number of anilines is 1. The van der Waals surface area contributed by atoms with E-state index >= 15 is 0 Å². The second-order valence-electron chi connectivity index (χ2n) is 10.7. The fourth-order valence-corrected chi connectivity index (χ4v) is 5.36. The summed E-state index contributed by atoms with van der Waals surface area (Å²) in [7, 11) is 0. The second kappa shape index (κ2) is 14.4. The first-order chi connectivity index (χ1) is 19.4. The number of benzene rings is 3. The van der Waals surface area contributed by atoms with Gasteiger partial charge in [-0.25, -0.2) is 8.78 Å². The maximum absolute atomic E-state index is 13.9. The summed E-state index contributed by atoms with van der Waals surface area (Å²) in [5.74, 6) is -1.70. The summed E-state index contributed by atoms with van der Waals surface area (Å²) < 4.78 is 27.9. The first kappa shape index (κ1) is 29.7. The Kier molecular flexibility index (Phi) is 10.7. The highest BCUT2D eigenvalue weighted by molar-refractivity contribution is 5.95. The molecule has 0 saturated heterocycles. The number of carbonyl (C=O) groups is 1. The lowest BCUT2D eigenvalue weighted by atomic mass is 9.97. The average molecular weight is 550 g/mol. The third kappa shape index (κ3) is 8.12. The van der Waals surface area contributed by atoms with Crippen molar-refractivity contribution in [1.29, 1.82) is 0 Å². The maximum atomic E-state index is 13.9. The summed E-state index contributed by atoms with van der Waals surface area (Å²) in [4.78, 5) is 15.8. The Morgan fingerprint density at radius 2 is 1.77 bits per heavy atom. The molecule has 40 heavy (non-hydrogen) atoms. The molecule has 3 aromatic rings. The van der Waals surface area contributed by atoms with Crippen molar-refractivity contribution in [2.45, 2.75) is 71.1 Å². The van der Waals surface area contributed by atoms with E-state index in [1.165, 1.54) is 23.3 Å². The second-order valence-corrected chi connectivity index (χ2v) is 10.7. The smallest absolute Gasteiger partial charge is 0.251 e. The van der Waals surface area contributed by atoms with E-state index in [2.05, 4.69) is 41.5 Å². The number of unbranched alkanes of at least 4 members (excludes halogenated alkanes) is 1. The highest BCUT2D eigenvalue weighted by Gasteiger charge is 2.24. The predicted octanol–water partition coefficient (Wildman–Crippen LogP) is 5.57. The Balaban J connectivity index is 1.49. The van der Waals surface area contributed by atoms with Crippen molar-refractivity contribution in [2.75, 3.05) is 24.5 Å². The third-order valence-corrected chi connectivity index (χ3v) is 7.59. The minimum Gasteiger partial charge on any atom is -0.390 e. The van der Waals surface area contributed by atoms with Gasteiger partial charge in [0.15, 0.2) is 0 Å². The van der Waals surface area contributed by atoms with Gasteiger partial charge in [-0.05, 0) is 78.6 Å². The van der Waals surface area contributed by atoms with Crippen molar-refractivity contribution in [3.8, 4) is 0 Å². The van der Waals surface area contributed by atoms with Gasteiger partial charge in [-0.1, -0.05) is 50.6 Å². The van der Waals surface area contributed by atoms with Crippen LogP contribution in [0.5, 0.6) is 0 Å². The molecule has 2 atom stereocenters. The van der Waals surface area contributed by atoms with Crippen molar-refractivity contribution in [2.24, 2.45) is 0 Å². The highest BCUT2D eigenvalue weighted by atomic mass is 19.1. The maximum Gasteiger partial charge on any atom is 0.251 e. The minimum atomic E-state index is -0.983. The van der Waals surface area contributed by atoms with Crippen LogP contribution in [0, 0.1) is 11.6 Å². The molecule has 4 rings (SSSR count). The van der Waals surface area contributed by atoms with Gasteiger partial charge in [0, 0.05) is 43.5 Å². The summed E-state index contributed by atoms with van der Waals surface area (Å²) in [6.07, 6.45) is 4.31. The molecule has 1 heterocycles. The molecule has 0 fully saturated rings. The fourth-order valence-electron chi connectivity index (χ4n) is 5.36. The van der Waals surface area contributed by atoms with Gasteiger partial charge >= 0.3 is 0 Å². The number of amides is 1. The van der Waals surface area contributed by atoms with Crippen LogP contribution in [0.15, 0.2) is 60.7 Å². The van der Waals surface area contributed by atoms with Crippen LogP contribution in [-0.2, 0) is 25.8 Å². The van der Waals surface area contributed by atoms with Crippen molar-refractivity contribution in [3.05, 3.63) is 100 Å². The van der Waals surface area contributed by atoms with Crippen molar-refractivity contribution in [1.82, 2.24) is 10.6 Å². The van der Waals surface area contributed by atoms with E-state index in [9.17, 15) is 18.7 Å². The number of halogens is 2. The molecule has 3 N–H and O–H groups in total. The molecule has 214 valence electrons. The van der Waals surface area contributed by atoms with Gasteiger partial charge < -0.3 is 20.6 Å². The molecule has 0 aromatic heterocycles. The molecule has 1 aliphatic rings. The molecule has 5 nitrogen and oxygen atoms in total. The molecular formula is C33H41F2N3O2. The quantitative estimate of drug-likeness (QED) is 0.261. The van der Waals surface area contributed by atoms with E-state index < -0.39 is 23.8 Å². The van der Waals surface area contributed by atoms with Crippen LogP contribution in [0.2, 0.25) is 0 Å². The van der Waals surface area contributed by atoms with Gasteiger partial charge in [-0.15, -0.1) is 0 Å². The number of hydrogen-bond acceptors (Lipinski definition) is 4. The number of aliphatic hydroxyl groups excluding tert-OH is 1. The highest BCUT2D eigenvalue weighted by Crippen LogP contribution is 2.28.